The van der Waals surface area contributed by atoms with Crippen molar-refractivity contribution < 1.29 is 34.2 Å². The van der Waals surface area contributed by atoms with Crippen LogP contribution in [0.25, 0.3) is 0 Å². The van der Waals surface area contributed by atoms with E-state index in [0.29, 0.717) is 18.8 Å². The number of fused-ring (bicyclic) bond motifs is 2. The SMILES string of the molecule is C[NH+]=C1NCCCC(CC(C)=CCC23OC2(C(=O)OC)C(=O)C2CCCCC2C3=O)(C2CC[NH2+]C(N)C2)N1. The lowest BCUT2D eigenvalue weighted by Gasteiger charge is -2.41. The zero-order chi connectivity index (χ0) is 27.1. The lowest BCUT2D eigenvalue weighted by Crippen LogP contribution is -2.95. The summed E-state index contributed by atoms with van der Waals surface area (Å²) in [5.74, 6) is -0.581. The fourth-order valence-corrected chi connectivity index (χ4v) is 7.92. The first-order valence-corrected chi connectivity index (χ1v) is 14.4. The van der Waals surface area contributed by atoms with Crippen molar-refractivity contribution in [3.05, 3.63) is 11.6 Å². The van der Waals surface area contributed by atoms with E-state index in [1.54, 1.807) is 0 Å². The molecule has 2 saturated carbocycles. The first-order valence-electron chi connectivity index (χ1n) is 14.4. The number of piperidine rings is 1. The van der Waals surface area contributed by atoms with Crippen molar-refractivity contribution in [2.24, 2.45) is 23.5 Å². The van der Waals surface area contributed by atoms with Crippen LogP contribution in [0.1, 0.15) is 71.1 Å². The molecule has 0 spiro atoms. The molecule has 10 heteroatoms. The van der Waals surface area contributed by atoms with Gasteiger partial charge in [0, 0.05) is 43.4 Å². The molecule has 0 radical (unpaired) electrons. The second-order valence-corrected chi connectivity index (χ2v) is 12.1. The number of rotatable bonds is 6. The number of methoxy groups -OCH3 is 1. The molecule has 38 heavy (non-hydrogen) atoms. The molecule has 3 aliphatic heterocycles. The Morgan fingerprint density at radius 1 is 1.21 bits per heavy atom. The summed E-state index contributed by atoms with van der Waals surface area (Å²) < 4.78 is 11.0. The lowest BCUT2D eigenvalue weighted by molar-refractivity contribution is -0.699. The number of Topliss-reactive ketones (excluding diaryl/α,β-unsaturated/α-hetero) is 2. The predicted octanol–water partition coefficient (Wildman–Crippen LogP) is -1.61. The van der Waals surface area contributed by atoms with Crippen LogP contribution in [-0.4, -0.2) is 73.6 Å². The summed E-state index contributed by atoms with van der Waals surface area (Å²) in [4.78, 5) is 43.6. The van der Waals surface area contributed by atoms with Gasteiger partial charge in [-0.3, -0.25) is 30.9 Å². The van der Waals surface area contributed by atoms with Crippen molar-refractivity contribution in [3.8, 4) is 0 Å². The third kappa shape index (κ3) is 4.29. The summed E-state index contributed by atoms with van der Waals surface area (Å²) in [6.45, 7) is 3.96. The second kappa shape index (κ2) is 10.4. The number of ether oxygens (including phenoxy) is 2. The Labute approximate surface area is 224 Å². The molecule has 5 rings (SSSR count). The summed E-state index contributed by atoms with van der Waals surface area (Å²) in [7, 11) is 3.17. The first-order chi connectivity index (χ1) is 18.2. The molecule has 0 amide bonds. The Morgan fingerprint density at radius 2 is 1.95 bits per heavy atom. The summed E-state index contributed by atoms with van der Waals surface area (Å²) in [5, 5.41) is 9.47. The summed E-state index contributed by atoms with van der Waals surface area (Å²) in [6.07, 6.45) is 10.2. The zero-order valence-corrected chi connectivity index (χ0v) is 23.1. The largest absolute Gasteiger partial charge is 0.466 e. The number of guanidine groups is 1. The number of ketones is 2. The molecule has 0 bridgehead atoms. The molecule has 3 heterocycles. The van der Waals surface area contributed by atoms with Crippen molar-refractivity contribution in [1.82, 2.24) is 10.6 Å². The molecule has 210 valence electrons. The van der Waals surface area contributed by atoms with Crippen molar-refractivity contribution >= 4 is 23.5 Å². The number of nitrogens with one attached hydrogen (secondary N) is 3. The molecule has 0 aromatic rings. The van der Waals surface area contributed by atoms with Crippen LogP contribution in [0.15, 0.2) is 11.6 Å². The number of hydrogen-bond donors (Lipinski definition) is 5. The highest BCUT2D eigenvalue weighted by Gasteiger charge is 2.86. The number of carbonyl (C=O) groups is 3. The topological polar surface area (TPSA) is 154 Å². The van der Waals surface area contributed by atoms with Crippen molar-refractivity contribution in [2.45, 2.75) is 94.0 Å². The lowest BCUT2D eigenvalue weighted by atomic mass is 9.61. The Morgan fingerprint density at radius 3 is 2.63 bits per heavy atom. The zero-order valence-electron chi connectivity index (χ0n) is 23.1. The van der Waals surface area contributed by atoms with Crippen LogP contribution in [0.2, 0.25) is 0 Å². The highest BCUT2D eigenvalue weighted by molar-refractivity contribution is 6.23. The van der Waals surface area contributed by atoms with Gasteiger partial charge in [-0.2, -0.15) is 0 Å². The van der Waals surface area contributed by atoms with E-state index < -0.39 is 23.1 Å². The van der Waals surface area contributed by atoms with Gasteiger partial charge in [0.25, 0.3) is 5.60 Å². The van der Waals surface area contributed by atoms with Crippen LogP contribution in [0.5, 0.6) is 0 Å². The van der Waals surface area contributed by atoms with Gasteiger partial charge in [0.1, 0.15) is 6.17 Å². The highest BCUT2D eigenvalue weighted by atomic mass is 16.7. The molecule has 0 aromatic heterocycles. The third-order valence-corrected chi connectivity index (χ3v) is 9.89. The van der Waals surface area contributed by atoms with Crippen LogP contribution in [0.4, 0.5) is 0 Å². The Balaban J connectivity index is 1.42. The molecule has 7 unspecified atom stereocenters. The number of carbonyl (C=O) groups excluding carboxylic acids is 3. The minimum Gasteiger partial charge on any atom is -0.466 e. The normalized spacial score (nSPS) is 42.3. The van der Waals surface area contributed by atoms with Gasteiger partial charge in [0.05, 0.1) is 32.8 Å². The van der Waals surface area contributed by atoms with Crippen LogP contribution in [0.3, 0.4) is 0 Å². The Hall–Kier alpha value is -2.30. The fraction of sp³-hybridized carbons (Fsp3) is 0.786. The average molecular weight is 532 g/mol. The number of nitrogens with two attached hydrogens (primary N) is 2. The summed E-state index contributed by atoms with van der Waals surface area (Å²) in [6, 6.07) is 0. The molecule has 3 saturated heterocycles. The molecular weight excluding hydrogens is 486 g/mol. The van der Waals surface area contributed by atoms with Crippen molar-refractivity contribution in [1.29, 1.82) is 0 Å². The van der Waals surface area contributed by atoms with E-state index in [1.165, 1.54) is 7.11 Å². The Bertz CT molecular complexity index is 1040. The number of quaternary nitrogens is 1. The third-order valence-electron chi connectivity index (χ3n) is 9.89. The van der Waals surface area contributed by atoms with Crippen molar-refractivity contribution in [3.63, 3.8) is 0 Å². The number of hydrogen-bond acceptors (Lipinski definition) is 6. The van der Waals surface area contributed by atoms with Gasteiger partial charge in [-0.25, -0.2) is 4.79 Å². The predicted molar refractivity (Wildman–Crippen MR) is 140 cm³/mol. The van der Waals surface area contributed by atoms with Gasteiger partial charge in [-0.15, -0.1) is 0 Å². The molecule has 2 aliphatic carbocycles. The maximum absolute atomic E-state index is 13.8. The van der Waals surface area contributed by atoms with Crippen LogP contribution in [0, 0.1) is 17.8 Å². The maximum atomic E-state index is 13.8. The van der Waals surface area contributed by atoms with E-state index >= 15 is 0 Å². The summed E-state index contributed by atoms with van der Waals surface area (Å²) >= 11 is 0. The van der Waals surface area contributed by atoms with E-state index in [9.17, 15) is 14.4 Å². The molecule has 5 fully saturated rings. The highest BCUT2D eigenvalue weighted by Crippen LogP contribution is 2.61. The minimum absolute atomic E-state index is 0.0831. The van der Waals surface area contributed by atoms with Crippen LogP contribution in [-0.2, 0) is 23.9 Å². The molecule has 5 aliphatic rings. The van der Waals surface area contributed by atoms with E-state index in [0.717, 1.165) is 69.6 Å². The van der Waals surface area contributed by atoms with Gasteiger partial charge < -0.3 is 14.8 Å². The molecular formula is C28H45N5O5+2. The first kappa shape index (κ1) is 27.3. The van der Waals surface area contributed by atoms with Gasteiger partial charge in [-0.1, -0.05) is 24.5 Å². The van der Waals surface area contributed by atoms with Gasteiger partial charge >= 0.3 is 11.9 Å². The van der Waals surface area contributed by atoms with Gasteiger partial charge in [0.2, 0.25) is 0 Å². The molecule has 7 atom stereocenters. The van der Waals surface area contributed by atoms with Crippen molar-refractivity contribution in [2.75, 3.05) is 27.2 Å². The van der Waals surface area contributed by atoms with Gasteiger partial charge in [-0.05, 0) is 32.6 Å². The quantitative estimate of drug-likeness (QED) is 0.119. The van der Waals surface area contributed by atoms with E-state index in [1.807, 2.05) is 13.1 Å². The van der Waals surface area contributed by atoms with E-state index in [-0.39, 0.29) is 35.6 Å². The van der Waals surface area contributed by atoms with E-state index in [4.69, 9.17) is 15.2 Å². The molecule has 0 aromatic carbocycles. The molecule has 10 nitrogen and oxygen atoms in total. The number of epoxide rings is 1. The maximum Gasteiger partial charge on any atom is 0.349 e. The van der Waals surface area contributed by atoms with Crippen LogP contribution < -0.4 is 26.7 Å². The fourth-order valence-electron chi connectivity index (χ4n) is 7.92. The molecule has 7 N–H and O–H groups in total. The monoisotopic (exact) mass is 531 g/mol. The summed E-state index contributed by atoms with van der Waals surface area (Å²) in [5.41, 5.74) is 4.07. The number of esters is 1. The second-order valence-electron chi connectivity index (χ2n) is 12.1. The van der Waals surface area contributed by atoms with Gasteiger partial charge in [0.15, 0.2) is 17.2 Å². The van der Waals surface area contributed by atoms with E-state index in [2.05, 4.69) is 27.9 Å². The van der Waals surface area contributed by atoms with Crippen LogP contribution >= 0.6 is 0 Å². The average Bonchev–Trinajstić information content (AvgIpc) is 3.67. The Kier molecular flexibility index (Phi) is 7.43. The smallest absolute Gasteiger partial charge is 0.349 e. The minimum atomic E-state index is -1.78. The standard InChI is InChI=1S/C28H43N5O5/c1-17(16-26(18-10-14-31-21(29)15-18)11-6-13-32-25(30-2)33-26)9-12-27-22(34)19-7-4-5-8-20(19)23(35)28(27,38-27)24(36)37-3/h9,18-21,31H,4-8,10-16,29H2,1-3H3,(H2,30,32,33)/p+2.